The van der Waals surface area contributed by atoms with Gasteiger partial charge in [-0.15, -0.1) is 6.54 Å². The average Bonchev–Trinajstić information content (AvgIpc) is 2.55. The molecule has 1 aromatic rings. The van der Waals surface area contributed by atoms with Gasteiger partial charge in [-0.2, -0.15) is 0 Å². The maximum Gasteiger partial charge on any atom is 1.00 e. The Kier molecular flexibility index (Phi) is 19.7. The summed E-state index contributed by atoms with van der Waals surface area (Å²) in [4.78, 5) is 23.0. The van der Waals surface area contributed by atoms with Crippen LogP contribution in [-0.2, 0) is 20.9 Å². The van der Waals surface area contributed by atoms with Gasteiger partial charge in [0, 0.05) is 19.4 Å². The van der Waals surface area contributed by atoms with Crippen molar-refractivity contribution in [3.8, 4) is 0 Å². The van der Waals surface area contributed by atoms with Gasteiger partial charge in [-0.05, 0) is 12.3 Å². The van der Waals surface area contributed by atoms with Gasteiger partial charge in [0.2, 0.25) is 0 Å². The molecule has 0 aliphatic carbocycles. The zero-order valence-electron chi connectivity index (χ0n) is 15.9. The van der Waals surface area contributed by atoms with Crippen LogP contribution in [0.15, 0.2) is 30.3 Å². The summed E-state index contributed by atoms with van der Waals surface area (Å²) in [7, 11) is 0. The minimum absolute atomic E-state index is 0. The van der Waals surface area contributed by atoms with Gasteiger partial charge in [0.15, 0.2) is 0 Å². The molecule has 0 saturated carbocycles. The maximum atomic E-state index is 11.5. The molecular weight excluding hydrogens is 376 g/mol. The molecule has 4 nitrogen and oxygen atoms in total. The molecule has 0 heterocycles. The standard InChI is InChI=1S/C17H25NO3.C2H6.Rb/c1-14(2)11-16(19)9-6-10-21-13-17(20)18-12-15-7-4-3-5-8-15;1-2;/h3-5,7-8,14H,6,9-13H2,1-2H3,(H,18,20);1-2H3;/q;;+1/p-1. The van der Waals surface area contributed by atoms with Crippen molar-refractivity contribution >= 4 is 11.7 Å². The first-order valence-electron chi connectivity index (χ1n) is 8.41. The molecule has 0 atom stereocenters. The molecule has 0 bridgehead atoms. The van der Waals surface area contributed by atoms with Gasteiger partial charge >= 0.3 is 58.2 Å². The summed E-state index contributed by atoms with van der Waals surface area (Å²) < 4.78 is 5.24. The number of Topliss-reactive ketones (excluding diaryl/α,β-unsaturated/α-hetero) is 1. The zero-order chi connectivity index (χ0) is 17.5. The van der Waals surface area contributed by atoms with E-state index in [1.165, 1.54) is 0 Å². The van der Waals surface area contributed by atoms with Gasteiger partial charge < -0.3 is 14.8 Å². The van der Waals surface area contributed by atoms with E-state index < -0.39 is 0 Å². The van der Waals surface area contributed by atoms with Crippen LogP contribution in [0.5, 0.6) is 0 Å². The Balaban J connectivity index is 0. The van der Waals surface area contributed by atoms with Crippen molar-refractivity contribution in [3.63, 3.8) is 0 Å². The normalized spacial score (nSPS) is 9.54. The largest absolute Gasteiger partial charge is 1.00 e. The van der Waals surface area contributed by atoms with Crippen molar-refractivity contribution in [2.24, 2.45) is 5.92 Å². The Morgan fingerprint density at radius 2 is 1.75 bits per heavy atom. The number of ketones is 1. The number of ether oxygens (including phenoxy) is 1. The van der Waals surface area contributed by atoms with Crippen LogP contribution in [0, 0.1) is 5.92 Å². The molecule has 0 N–H and O–H groups in total. The Bertz CT molecular complexity index is 435. The fraction of sp³-hybridized carbons (Fsp3) is 0.579. The molecule has 0 fully saturated rings. The second kappa shape index (κ2) is 17.9. The summed E-state index contributed by atoms with van der Waals surface area (Å²) in [6.45, 7) is 8.86. The number of nitrogens with zero attached hydrogens (tertiary/aromatic N) is 1. The quantitative estimate of drug-likeness (QED) is 0.555. The van der Waals surface area contributed by atoms with Gasteiger partial charge in [0.1, 0.15) is 5.78 Å². The Hall–Kier alpha value is 0.125. The zero-order valence-corrected chi connectivity index (χ0v) is 20.8. The van der Waals surface area contributed by atoms with Crippen LogP contribution in [0.25, 0.3) is 5.32 Å². The van der Waals surface area contributed by atoms with Crippen LogP contribution < -0.4 is 58.2 Å². The molecular formula is C19H30NO3Rb. The molecule has 5 heteroatoms. The number of hydrogen-bond donors (Lipinski definition) is 0. The van der Waals surface area contributed by atoms with E-state index in [4.69, 9.17) is 4.74 Å². The van der Waals surface area contributed by atoms with Crippen molar-refractivity contribution in [2.45, 2.75) is 53.5 Å². The molecule has 130 valence electrons. The van der Waals surface area contributed by atoms with E-state index in [-0.39, 0.29) is 76.5 Å². The van der Waals surface area contributed by atoms with Crippen molar-refractivity contribution in [1.82, 2.24) is 0 Å². The summed E-state index contributed by atoms with van der Waals surface area (Å²) in [6.07, 6.45) is 1.80. The topological polar surface area (TPSA) is 57.5 Å². The number of hydrogen-bond acceptors (Lipinski definition) is 3. The van der Waals surface area contributed by atoms with E-state index >= 15 is 0 Å². The second-order valence-corrected chi connectivity index (χ2v) is 5.49. The number of carbonyl (C=O) groups is 2. The predicted molar refractivity (Wildman–Crippen MR) is 94.4 cm³/mol. The fourth-order valence-electron chi connectivity index (χ4n) is 1.90. The third kappa shape index (κ3) is 15.6. The number of amides is 1. The fourth-order valence-corrected chi connectivity index (χ4v) is 1.90. The van der Waals surface area contributed by atoms with Crippen LogP contribution >= 0.6 is 0 Å². The van der Waals surface area contributed by atoms with Gasteiger partial charge in [0.25, 0.3) is 0 Å². The molecule has 0 aliphatic rings. The van der Waals surface area contributed by atoms with Crippen molar-refractivity contribution in [3.05, 3.63) is 41.2 Å². The van der Waals surface area contributed by atoms with Crippen LogP contribution in [0.2, 0.25) is 0 Å². The second-order valence-electron chi connectivity index (χ2n) is 5.49. The molecule has 1 aromatic carbocycles. The molecule has 0 aliphatic heterocycles. The molecule has 0 spiro atoms. The van der Waals surface area contributed by atoms with Crippen LogP contribution in [0.3, 0.4) is 0 Å². The van der Waals surface area contributed by atoms with Crippen LogP contribution in [0.1, 0.15) is 52.5 Å². The Morgan fingerprint density at radius 1 is 1.12 bits per heavy atom. The molecule has 1 amide bonds. The molecule has 1 rings (SSSR count). The van der Waals surface area contributed by atoms with Gasteiger partial charge in [-0.3, -0.25) is 4.79 Å². The maximum absolute atomic E-state index is 11.5. The van der Waals surface area contributed by atoms with Crippen molar-refractivity contribution in [2.75, 3.05) is 13.2 Å². The summed E-state index contributed by atoms with van der Waals surface area (Å²) >= 11 is 0. The third-order valence-electron chi connectivity index (χ3n) is 2.89. The SMILES string of the molecule is CC.CC(C)CC(=O)CCCOCC(=O)[N-]Cc1ccccc1.[Rb+]. The minimum atomic E-state index is -0.257. The predicted octanol–water partition coefficient (Wildman–Crippen LogP) is 1.53. The Labute approximate surface area is 195 Å². The van der Waals surface area contributed by atoms with E-state index in [0.717, 1.165) is 5.56 Å². The number of benzene rings is 1. The number of carbonyl (C=O) groups excluding carboxylic acids is 2. The van der Waals surface area contributed by atoms with E-state index in [1.54, 1.807) is 0 Å². The average molecular weight is 406 g/mol. The first-order valence-corrected chi connectivity index (χ1v) is 8.41. The summed E-state index contributed by atoms with van der Waals surface area (Å²) in [6, 6.07) is 9.62. The molecule has 0 radical (unpaired) electrons. The Morgan fingerprint density at radius 3 is 2.33 bits per heavy atom. The van der Waals surface area contributed by atoms with E-state index in [2.05, 4.69) is 5.32 Å². The molecule has 0 aromatic heterocycles. The van der Waals surface area contributed by atoms with E-state index in [9.17, 15) is 9.59 Å². The summed E-state index contributed by atoms with van der Waals surface area (Å²) in [5, 5.41) is 3.94. The smallest absolute Gasteiger partial charge is 0.648 e. The van der Waals surface area contributed by atoms with Gasteiger partial charge in [0.05, 0.1) is 12.5 Å². The summed E-state index contributed by atoms with van der Waals surface area (Å²) in [5.74, 6) is 0.401. The van der Waals surface area contributed by atoms with Crippen LogP contribution in [-0.4, -0.2) is 24.9 Å². The monoisotopic (exact) mass is 405 g/mol. The first kappa shape index (κ1) is 26.4. The number of rotatable bonds is 10. The molecule has 24 heavy (non-hydrogen) atoms. The summed E-state index contributed by atoms with van der Waals surface area (Å²) in [5.41, 5.74) is 1.00. The third-order valence-corrected chi connectivity index (χ3v) is 2.89. The van der Waals surface area contributed by atoms with Gasteiger partial charge in [-0.25, -0.2) is 0 Å². The molecule has 0 unspecified atom stereocenters. The van der Waals surface area contributed by atoms with Crippen LogP contribution in [0.4, 0.5) is 0 Å². The van der Waals surface area contributed by atoms with E-state index in [1.807, 2.05) is 58.0 Å². The van der Waals surface area contributed by atoms with Crippen molar-refractivity contribution in [1.29, 1.82) is 0 Å². The molecule has 0 saturated heterocycles. The van der Waals surface area contributed by atoms with Crippen molar-refractivity contribution < 1.29 is 72.5 Å². The van der Waals surface area contributed by atoms with E-state index in [0.29, 0.717) is 38.3 Å². The minimum Gasteiger partial charge on any atom is -0.648 e. The van der Waals surface area contributed by atoms with Gasteiger partial charge in [-0.1, -0.05) is 63.6 Å². The first-order chi connectivity index (χ1) is 11.1.